The molecule has 0 bridgehead atoms. The van der Waals surface area contributed by atoms with E-state index in [1.54, 1.807) is 20.3 Å². The average Bonchev–Trinajstić information content (AvgIpc) is 3.29. The van der Waals surface area contributed by atoms with E-state index in [9.17, 15) is 4.79 Å². The van der Waals surface area contributed by atoms with Crippen LogP contribution in [0.5, 0.6) is 11.5 Å². The van der Waals surface area contributed by atoms with E-state index in [2.05, 4.69) is 32.2 Å². The molecule has 35 heavy (non-hydrogen) atoms. The van der Waals surface area contributed by atoms with Crippen LogP contribution in [0.1, 0.15) is 12.5 Å². The highest BCUT2D eigenvalue weighted by Crippen LogP contribution is 2.32. The van der Waals surface area contributed by atoms with Gasteiger partial charge in [0.2, 0.25) is 5.91 Å². The summed E-state index contributed by atoms with van der Waals surface area (Å²) in [5, 5.41) is 12.2. The molecule has 1 heterocycles. The molecular weight excluding hydrogens is 460 g/mol. The number of para-hydroxylation sites is 1. The molecule has 0 radical (unpaired) electrons. The molecule has 3 aromatic carbocycles. The second-order valence-electron chi connectivity index (χ2n) is 7.87. The molecule has 1 N–H and O–H groups in total. The number of carbonyl (C=O) groups is 1. The van der Waals surface area contributed by atoms with Crippen LogP contribution in [-0.4, -0.2) is 40.1 Å². The second-order valence-corrected chi connectivity index (χ2v) is 9.18. The van der Waals surface area contributed by atoms with Crippen LogP contribution >= 0.6 is 11.8 Å². The molecule has 7 nitrogen and oxygen atoms in total. The maximum Gasteiger partial charge on any atom is 0.237 e. The Hall–Kier alpha value is -3.78. The number of aryl methyl sites for hydroxylation is 1. The molecule has 0 saturated carbocycles. The highest BCUT2D eigenvalue weighted by molar-refractivity contribution is 8.00. The van der Waals surface area contributed by atoms with Gasteiger partial charge in [0.05, 0.1) is 25.0 Å². The topological polar surface area (TPSA) is 78.3 Å². The minimum absolute atomic E-state index is 0.125. The normalized spacial score (nSPS) is 11.6. The summed E-state index contributed by atoms with van der Waals surface area (Å²) in [5.74, 6) is 1.99. The van der Waals surface area contributed by atoms with Crippen molar-refractivity contribution in [3.63, 3.8) is 0 Å². The second kappa shape index (κ2) is 11.6. The number of hydrogen-bond donors (Lipinski definition) is 1. The van der Waals surface area contributed by atoms with Gasteiger partial charge in [-0.15, -0.1) is 10.2 Å². The van der Waals surface area contributed by atoms with Crippen molar-refractivity contribution >= 4 is 23.4 Å². The number of hydrogen-bond acceptors (Lipinski definition) is 6. The Morgan fingerprint density at radius 1 is 0.971 bits per heavy atom. The SMILES string of the molecule is COc1cccc(NC(=O)[C@H](C)Sc2nnc(-c3ccccc3OC)n2CCc2ccccc2)c1. The fourth-order valence-electron chi connectivity index (χ4n) is 3.65. The molecule has 1 amide bonds. The number of amides is 1. The van der Waals surface area contributed by atoms with E-state index in [1.807, 2.05) is 67.6 Å². The highest BCUT2D eigenvalue weighted by atomic mass is 32.2. The molecule has 1 atom stereocenters. The van der Waals surface area contributed by atoms with Crippen molar-refractivity contribution in [2.75, 3.05) is 19.5 Å². The van der Waals surface area contributed by atoms with Gasteiger partial charge in [-0.1, -0.05) is 60.3 Å². The van der Waals surface area contributed by atoms with Crippen LogP contribution in [-0.2, 0) is 17.8 Å². The Labute approximate surface area is 209 Å². The van der Waals surface area contributed by atoms with Gasteiger partial charge in [-0.2, -0.15) is 0 Å². The Balaban J connectivity index is 1.58. The number of thioether (sulfide) groups is 1. The quantitative estimate of drug-likeness (QED) is 0.304. The van der Waals surface area contributed by atoms with Gasteiger partial charge in [0.15, 0.2) is 11.0 Å². The van der Waals surface area contributed by atoms with Crippen LogP contribution in [0.4, 0.5) is 5.69 Å². The monoisotopic (exact) mass is 488 g/mol. The Kier molecular flexibility index (Phi) is 8.05. The summed E-state index contributed by atoms with van der Waals surface area (Å²) < 4.78 is 12.9. The number of rotatable bonds is 10. The predicted octanol–water partition coefficient (Wildman–Crippen LogP) is 5.32. The van der Waals surface area contributed by atoms with Gasteiger partial charge in [0, 0.05) is 18.3 Å². The lowest BCUT2D eigenvalue weighted by molar-refractivity contribution is -0.115. The van der Waals surface area contributed by atoms with E-state index in [-0.39, 0.29) is 5.91 Å². The van der Waals surface area contributed by atoms with Gasteiger partial charge in [0.1, 0.15) is 11.5 Å². The molecule has 180 valence electrons. The van der Waals surface area contributed by atoms with Crippen molar-refractivity contribution in [2.45, 2.75) is 30.3 Å². The number of anilines is 1. The van der Waals surface area contributed by atoms with E-state index in [0.717, 1.165) is 17.7 Å². The fourth-order valence-corrected chi connectivity index (χ4v) is 4.52. The van der Waals surface area contributed by atoms with Crippen molar-refractivity contribution in [1.29, 1.82) is 0 Å². The molecular formula is C27H28N4O3S. The third-order valence-corrected chi connectivity index (χ3v) is 6.60. The van der Waals surface area contributed by atoms with Crippen molar-refractivity contribution < 1.29 is 14.3 Å². The molecule has 8 heteroatoms. The third kappa shape index (κ3) is 6.02. The van der Waals surface area contributed by atoms with Crippen LogP contribution in [0.25, 0.3) is 11.4 Å². The maximum absolute atomic E-state index is 12.9. The Morgan fingerprint density at radius 2 is 1.74 bits per heavy atom. The Morgan fingerprint density at radius 3 is 2.51 bits per heavy atom. The van der Waals surface area contributed by atoms with Gasteiger partial charge in [-0.05, 0) is 43.2 Å². The van der Waals surface area contributed by atoms with Crippen LogP contribution in [0, 0.1) is 0 Å². The number of methoxy groups -OCH3 is 2. The summed E-state index contributed by atoms with van der Waals surface area (Å²) in [6, 6.07) is 25.3. The van der Waals surface area contributed by atoms with Crippen LogP contribution < -0.4 is 14.8 Å². The fraction of sp³-hybridized carbons (Fsp3) is 0.222. The number of ether oxygens (including phenoxy) is 2. The van der Waals surface area contributed by atoms with Crippen molar-refractivity contribution in [1.82, 2.24) is 14.8 Å². The number of benzene rings is 3. The van der Waals surface area contributed by atoms with Crippen LogP contribution in [0.2, 0.25) is 0 Å². The van der Waals surface area contributed by atoms with E-state index in [4.69, 9.17) is 9.47 Å². The summed E-state index contributed by atoms with van der Waals surface area (Å²) in [6.45, 7) is 2.52. The molecule has 0 fully saturated rings. The molecule has 0 spiro atoms. The first-order valence-electron chi connectivity index (χ1n) is 11.3. The average molecular weight is 489 g/mol. The summed E-state index contributed by atoms with van der Waals surface area (Å²) in [7, 11) is 3.24. The summed E-state index contributed by atoms with van der Waals surface area (Å²) in [4.78, 5) is 12.9. The molecule has 0 saturated heterocycles. The number of nitrogens with one attached hydrogen (secondary N) is 1. The largest absolute Gasteiger partial charge is 0.497 e. The zero-order valence-electron chi connectivity index (χ0n) is 20.0. The minimum Gasteiger partial charge on any atom is -0.497 e. The lowest BCUT2D eigenvalue weighted by Crippen LogP contribution is -2.23. The standard InChI is InChI=1S/C27H28N4O3S/c1-19(26(32)28-21-12-9-13-22(18-21)33-2)35-27-30-29-25(23-14-7-8-15-24(23)34-3)31(27)17-16-20-10-5-4-6-11-20/h4-15,18-19H,16-17H2,1-3H3,(H,28,32)/t19-/m0/s1. The Bertz CT molecular complexity index is 1280. The minimum atomic E-state index is -0.397. The van der Waals surface area contributed by atoms with E-state index < -0.39 is 5.25 Å². The maximum atomic E-state index is 12.9. The summed E-state index contributed by atoms with van der Waals surface area (Å²) >= 11 is 1.38. The van der Waals surface area contributed by atoms with Crippen molar-refractivity contribution in [2.24, 2.45) is 0 Å². The smallest absolute Gasteiger partial charge is 0.237 e. The van der Waals surface area contributed by atoms with Crippen LogP contribution in [0.15, 0.2) is 84.0 Å². The van der Waals surface area contributed by atoms with Crippen molar-refractivity contribution in [3.05, 3.63) is 84.4 Å². The van der Waals surface area contributed by atoms with Gasteiger partial charge < -0.3 is 19.4 Å². The zero-order chi connectivity index (χ0) is 24.6. The van der Waals surface area contributed by atoms with Crippen molar-refractivity contribution in [3.8, 4) is 22.9 Å². The third-order valence-electron chi connectivity index (χ3n) is 5.52. The molecule has 0 aliphatic rings. The van der Waals surface area contributed by atoms with Gasteiger partial charge in [0.25, 0.3) is 0 Å². The first-order valence-corrected chi connectivity index (χ1v) is 12.2. The van der Waals surface area contributed by atoms with Crippen LogP contribution in [0.3, 0.4) is 0 Å². The highest BCUT2D eigenvalue weighted by Gasteiger charge is 2.22. The molecule has 0 unspecified atom stereocenters. The van der Waals surface area contributed by atoms with Gasteiger partial charge in [-0.25, -0.2) is 0 Å². The first kappa shape index (κ1) is 24.3. The first-order chi connectivity index (χ1) is 17.1. The summed E-state index contributed by atoms with van der Waals surface area (Å²) in [5.41, 5.74) is 2.75. The lowest BCUT2D eigenvalue weighted by Gasteiger charge is -2.15. The zero-order valence-corrected chi connectivity index (χ0v) is 20.8. The molecule has 0 aliphatic carbocycles. The molecule has 1 aromatic heterocycles. The number of nitrogens with zero attached hydrogens (tertiary/aromatic N) is 3. The molecule has 4 aromatic rings. The van der Waals surface area contributed by atoms with Gasteiger partial charge >= 0.3 is 0 Å². The molecule has 0 aliphatic heterocycles. The molecule has 4 rings (SSSR count). The number of aromatic nitrogens is 3. The van der Waals surface area contributed by atoms with Gasteiger partial charge in [-0.3, -0.25) is 4.79 Å². The summed E-state index contributed by atoms with van der Waals surface area (Å²) in [6.07, 6.45) is 0.805. The number of carbonyl (C=O) groups excluding carboxylic acids is 1. The lowest BCUT2D eigenvalue weighted by atomic mass is 10.1. The van der Waals surface area contributed by atoms with E-state index in [0.29, 0.717) is 29.0 Å². The van der Waals surface area contributed by atoms with E-state index in [1.165, 1.54) is 17.3 Å². The predicted molar refractivity (Wildman–Crippen MR) is 139 cm³/mol. The van der Waals surface area contributed by atoms with E-state index >= 15 is 0 Å².